The molecule has 0 aliphatic carbocycles. The van der Waals surface area contributed by atoms with Crippen LogP contribution in [0.2, 0.25) is 0 Å². The molecule has 8 heteroatoms. The van der Waals surface area contributed by atoms with E-state index in [0.29, 0.717) is 16.8 Å². The van der Waals surface area contributed by atoms with Crippen LogP contribution in [0, 0.1) is 6.92 Å². The Morgan fingerprint density at radius 1 is 1.15 bits per heavy atom. The van der Waals surface area contributed by atoms with Crippen LogP contribution in [0.5, 0.6) is 0 Å². The number of hydrogen-bond donors (Lipinski definition) is 1. The molecule has 26 heavy (non-hydrogen) atoms. The van der Waals surface area contributed by atoms with Crippen LogP contribution in [-0.2, 0) is 0 Å². The molecule has 0 bridgehead atoms. The second kappa shape index (κ2) is 6.25. The number of nitrogens with zero attached hydrogens (tertiary/aromatic N) is 4. The van der Waals surface area contributed by atoms with Gasteiger partial charge in [-0.3, -0.25) is 9.36 Å². The van der Waals surface area contributed by atoms with Crippen molar-refractivity contribution >= 4 is 22.7 Å². The summed E-state index contributed by atoms with van der Waals surface area (Å²) in [6.45, 7) is 1.83. The fourth-order valence-corrected chi connectivity index (χ4v) is 2.57. The molecule has 0 saturated carbocycles. The summed E-state index contributed by atoms with van der Waals surface area (Å²) in [5.41, 5.74) is -0.377. The zero-order chi connectivity index (χ0) is 18.1. The Labute approximate surface area is 147 Å². The van der Waals surface area contributed by atoms with E-state index in [0.717, 1.165) is 5.82 Å². The first-order valence-corrected chi connectivity index (χ1v) is 7.78. The lowest BCUT2D eigenvalue weighted by Gasteiger charge is -2.07. The van der Waals surface area contributed by atoms with Crippen LogP contribution in [0.1, 0.15) is 16.2 Å². The second-order valence-corrected chi connectivity index (χ2v) is 5.55. The lowest BCUT2D eigenvalue weighted by Crippen LogP contribution is -2.21. The lowest BCUT2D eigenvalue weighted by atomic mass is 10.2. The van der Waals surface area contributed by atoms with Gasteiger partial charge in [-0.1, -0.05) is 18.2 Å². The molecule has 1 amide bonds. The predicted octanol–water partition coefficient (Wildman–Crippen LogP) is 2.33. The van der Waals surface area contributed by atoms with Gasteiger partial charge < -0.3 is 9.73 Å². The van der Waals surface area contributed by atoms with Crippen LogP contribution in [0.4, 0.5) is 5.82 Å². The van der Waals surface area contributed by atoms with Gasteiger partial charge in [-0.2, -0.15) is 0 Å². The molecule has 3 aromatic heterocycles. The molecule has 4 rings (SSSR count). The number of anilines is 1. The summed E-state index contributed by atoms with van der Waals surface area (Å²) in [4.78, 5) is 36.9. The molecule has 0 radical (unpaired) electrons. The molecule has 0 saturated heterocycles. The first-order valence-electron chi connectivity index (χ1n) is 7.78. The van der Waals surface area contributed by atoms with Crippen molar-refractivity contribution in [2.75, 3.05) is 5.32 Å². The largest absolute Gasteiger partial charge is 0.422 e. The highest BCUT2D eigenvalue weighted by atomic mass is 16.4. The summed E-state index contributed by atoms with van der Waals surface area (Å²) >= 11 is 0. The van der Waals surface area contributed by atoms with Crippen LogP contribution in [0.25, 0.3) is 16.8 Å². The van der Waals surface area contributed by atoms with Crippen molar-refractivity contribution in [3.8, 4) is 5.82 Å². The van der Waals surface area contributed by atoms with Gasteiger partial charge in [0, 0.05) is 23.8 Å². The number of aryl methyl sites for hydroxylation is 1. The smallest absolute Gasteiger partial charge is 0.349 e. The maximum Gasteiger partial charge on any atom is 0.349 e. The quantitative estimate of drug-likeness (QED) is 0.571. The number of rotatable bonds is 3. The number of nitrogens with one attached hydrogen (secondary N) is 1. The van der Waals surface area contributed by atoms with Gasteiger partial charge in [-0.05, 0) is 19.1 Å². The molecule has 1 aromatic carbocycles. The highest BCUT2D eigenvalue weighted by Crippen LogP contribution is 2.15. The van der Waals surface area contributed by atoms with Crippen LogP contribution in [0.3, 0.4) is 0 Å². The number of carbonyl (C=O) groups is 1. The fraction of sp³-hybridized carbons (Fsp3) is 0.0556. The van der Waals surface area contributed by atoms with Gasteiger partial charge in [-0.15, -0.1) is 0 Å². The van der Waals surface area contributed by atoms with Crippen molar-refractivity contribution in [3.63, 3.8) is 0 Å². The highest BCUT2D eigenvalue weighted by molar-refractivity contribution is 6.05. The third-order valence-electron chi connectivity index (χ3n) is 3.85. The number of hydrogen-bond acceptors (Lipinski definition) is 6. The minimum absolute atomic E-state index is 0.0947. The Kier molecular flexibility index (Phi) is 3.77. The van der Waals surface area contributed by atoms with Crippen molar-refractivity contribution in [2.45, 2.75) is 6.92 Å². The molecule has 8 nitrogen and oxygen atoms in total. The Bertz CT molecular complexity index is 1180. The van der Waals surface area contributed by atoms with E-state index in [-0.39, 0.29) is 11.4 Å². The average Bonchev–Trinajstić information content (AvgIpc) is 3.07. The van der Waals surface area contributed by atoms with Crippen molar-refractivity contribution in [1.29, 1.82) is 0 Å². The van der Waals surface area contributed by atoms with E-state index in [2.05, 4.69) is 20.3 Å². The Hall–Kier alpha value is -3.81. The van der Waals surface area contributed by atoms with Gasteiger partial charge in [0.2, 0.25) is 0 Å². The third kappa shape index (κ3) is 2.84. The molecular weight excluding hydrogens is 334 g/mol. The molecule has 0 spiro atoms. The van der Waals surface area contributed by atoms with E-state index in [1.54, 1.807) is 47.3 Å². The molecule has 1 N–H and O–H groups in total. The Balaban J connectivity index is 1.66. The molecule has 4 aromatic rings. The number of imidazole rings is 1. The van der Waals surface area contributed by atoms with E-state index < -0.39 is 11.5 Å². The Morgan fingerprint density at radius 3 is 2.81 bits per heavy atom. The first-order chi connectivity index (χ1) is 12.6. The van der Waals surface area contributed by atoms with E-state index in [1.807, 2.05) is 6.92 Å². The summed E-state index contributed by atoms with van der Waals surface area (Å²) in [5, 5.41) is 3.26. The number of aromatic nitrogens is 4. The summed E-state index contributed by atoms with van der Waals surface area (Å²) in [5.74, 6) is 0.962. The van der Waals surface area contributed by atoms with Crippen LogP contribution in [-0.4, -0.2) is 25.4 Å². The maximum absolute atomic E-state index is 12.5. The molecule has 0 fully saturated rings. The molecule has 0 aliphatic heterocycles. The highest BCUT2D eigenvalue weighted by Gasteiger charge is 2.15. The number of amides is 1. The van der Waals surface area contributed by atoms with Gasteiger partial charge in [0.25, 0.3) is 5.91 Å². The number of para-hydroxylation sites is 1. The summed E-state index contributed by atoms with van der Waals surface area (Å²) < 4.78 is 6.94. The first kappa shape index (κ1) is 15.7. The van der Waals surface area contributed by atoms with Gasteiger partial charge >= 0.3 is 5.63 Å². The fourth-order valence-electron chi connectivity index (χ4n) is 2.57. The van der Waals surface area contributed by atoms with E-state index in [4.69, 9.17) is 4.42 Å². The van der Waals surface area contributed by atoms with Gasteiger partial charge in [0.05, 0.1) is 0 Å². The van der Waals surface area contributed by atoms with Gasteiger partial charge in [0.1, 0.15) is 34.9 Å². The van der Waals surface area contributed by atoms with Crippen molar-refractivity contribution in [1.82, 2.24) is 19.5 Å². The monoisotopic (exact) mass is 347 g/mol. The van der Waals surface area contributed by atoms with Gasteiger partial charge in [-0.25, -0.2) is 19.7 Å². The van der Waals surface area contributed by atoms with E-state index in [9.17, 15) is 9.59 Å². The van der Waals surface area contributed by atoms with Crippen molar-refractivity contribution in [2.24, 2.45) is 0 Å². The van der Waals surface area contributed by atoms with E-state index >= 15 is 0 Å². The zero-order valence-electron chi connectivity index (χ0n) is 13.7. The number of fused-ring (bicyclic) bond motifs is 1. The SMILES string of the molecule is Cc1nccn1-c1cc(NC(=O)c2cc3ccccc3oc2=O)ncn1. The van der Waals surface area contributed by atoms with Crippen LogP contribution in [0.15, 0.2) is 64.3 Å². The standard InChI is InChI=1S/C18H13N5O3/c1-11-19-6-7-23(11)16-9-15(20-10-21-16)22-17(24)13-8-12-4-2-3-5-14(12)26-18(13)25/h2-10H,1H3,(H,20,21,22,24). The minimum Gasteiger partial charge on any atom is -0.422 e. The Morgan fingerprint density at radius 2 is 2.00 bits per heavy atom. The predicted molar refractivity (Wildman–Crippen MR) is 94.3 cm³/mol. The van der Waals surface area contributed by atoms with Crippen LogP contribution >= 0.6 is 0 Å². The maximum atomic E-state index is 12.5. The zero-order valence-corrected chi connectivity index (χ0v) is 13.7. The summed E-state index contributed by atoms with van der Waals surface area (Å²) in [6.07, 6.45) is 4.73. The summed E-state index contributed by atoms with van der Waals surface area (Å²) in [6, 6.07) is 10.1. The van der Waals surface area contributed by atoms with Crippen LogP contribution < -0.4 is 10.9 Å². The lowest BCUT2D eigenvalue weighted by molar-refractivity contribution is 0.102. The minimum atomic E-state index is -0.707. The van der Waals surface area contributed by atoms with Gasteiger partial charge in [0.15, 0.2) is 0 Å². The molecule has 3 heterocycles. The number of carbonyl (C=O) groups excluding carboxylic acids is 1. The average molecular weight is 347 g/mol. The number of benzene rings is 1. The van der Waals surface area contributed by atoms with Crippen molar-refractivity contribution < 1.29 is 9.21 Å². The molecule has 0 atom stereocenters. The third-order valence-corrected chi connectivity index (χ3v) is 3.85. The second-order valence-electron chi connectivity index (χ2n) is 5.55. The van der Waals surface area contributed by atoms with E-state index in [1.165, 1.54) is 12.4 Å². The van der Waals surface area contributed by atoms with Crippen molar-refractivity contribution in [3.05, 3.63) is 76.9 Å². The topological polar surface area (TPSA) is 103 Å². The normalized spacial score (nSPS) is 10.8. The molecule has 0 unspecified atom stereocenters. The summed E-state index contributed by atoms with van der Waals surface area (Å²) in [7, 11) is 0. The molecular formula is C18H13N5O3. The molecule has 128 valence electrons. The molecule has 0 aliphatic rings.